The second-order valence-electron chi connectivity index (χ2n) is 4.71. The molecule has 0 saturated carbocycles. The first kappa shape index (κ1) is 18.3. The van der Waals surface area contributed by atoms with Gasteiger partial charge in [0.2, 0.25) is 0 Å². The summed E-state index contributed by atoms with van der Waals surface area (Å²) in [7, 11) is 0. The van der Waals surface area contributed by atoms with Gasteiger partial charge in [-0.1, -0.05) is 0 Å². The number of halogens is 4. The van der Waals surface area contributed by atoms with Gasteiger partial charge in [0.1, 0.15) is 0 Å². The smallest absolute Gasteiger partial charge is 0.251 e. The topological polar surface area (TPSA) is 18.5 Å². The molecule has 2 aliphatic heterocycles. The summed E-state index contributed by atoms with van der Waals surface area (Å²) in [6.45, 7) is 5.65. The number of rotatable bonds is 3. The third-order valence-corrected chi connectivity index (χ3v) is 3.63. The summed E-state index contributed by atoms with van der Waals surface area (Å²) in [5.74, 6) is 0. The fourth-order valence-corrected chi connectivity index (χ4v) is 2.68. The molecule has 110 valence electrons. The van der Waals surface area contributed by atoms with Crippen LogP contribution in [0.3, 0.4) is 0 Å². The maximum absolute atomic E-state index is 12.2. The molecule has 0 unspecified atom stereocenters. The molecule has 3 nitrogen and oxygen atoms in total. The molecule has 0 spiro atoms. The number of nitrogens with one attached hydrogen (secondary N) is 1. The zero-order valence-electron chi connectivity index (χ0n) is 10.5. The molecule has 0 atom stereocenters. The van der Waals surface area contributed by atoms with Crippen LogP contribution in [0.25, 0.3) is 0 Å². The SMILES string of the molecule is Cl.Cl.FC(F)CN1CCN(C2CCNCC2)CC1. The van der Waals surface area contributed by atoms with Gasteiger partial charge in [-0.25, -0.2) is 8.78 Å². The van der Waals surface area contributed by atoms with Crippen LogP contribution in [0.5, 0.6) is 0 Å². The van der Waals surface area contributed by atoms with Crippen molar-refractivity contribution in [3.63, 3.8) is 0 Å². The van der Waals surface area contributed by atoms with Crippen LogP contribution < -0.4 is 5.32 Å². The van der Waals surface area contributed by atoms with Crippen LogP contribution in [-0.4, -0.2) is 68.1 Å². The molecule has 2 aliphatic rings. The van der Waals surface area contributed by atoms with Gasteiger partial charge < -0.3 is 5.32 Å². The van der Waals surface area contributed by atoms with Crippen LogP contribution in [0.4, 0.5) is 8.78 Å². The number of piperazine rings is 1. The lowest BCUT2D eigenvalue weighted by molar-refractivity contribution is 0.0381. The molecular weight excluding hydrogens is 283 g/mol. The van der Waals surface area contributed by atoms with Crippen molar-refractivity contribution in [2.45, 2.75) is 25.3 Å². The summed E-state index contributed by atoms with van der Waals surface area (Å²) in [6.07, 6.45) is 0.217. The number of hydrogen-bond donors (Lipinski definition) is 1. The molecule has 2 saturated heterocycles. The van der Waals surface area contributed by atoms with E-state index in [2.05, 4.69) is 10.2 Å². The Balaban J connectivity index is 0.00000144. The average Bonchev–Trinajstić information content (AvgIpc) is 2.30. The maximum atomic E-state index is 12.2. The predicted molar refractivity (Wildman–Crippen MR) is 74.4 cm³/mol. The van der Waals surface area contributed by atoms with E-state index in [1.165, 1.54) is 12.8 Å². The molecule has 2 fully saturated rings. The van der Waals surface area contributed by atoms with Gasteiger partial charge in [0, 0.05) is 32.2 Å². The molecule has 0 aliphatic carbocycles. The minimum Gasteiger partial charge on any atom is -0.317 e. The summed E-state index contributed by atoms with van der Waals surface area (Å²) in [5, 5.41) is 3.35. The fraction of sp³-hybridized carbons (Fsp3) is 1.00. The van der Waals surface area contributed by atoms with Crippen LogP contribution in [0, 0.1) is 0 Å². The average molecular weight is 306 g/mol. The third kappa shape index (κ3) is 5.53. The zero-order chi connectivity index (χ0) is 11.4. The van der Waals surface area contributed by atoms with Gasteiger partial charge in [0.25, 0.3) is 6.43 Å². The summed E-state index contributed by atoms with van der Waals surface area (Å²) in [5.41, 5.74) is 0. The molecule has 7 heteroatoms. The molecule has 2 rings (SSSR count). The Labute approximate surface area is 120 Å². The Bertz CT molecular complexity index is 208. The highest BCUT2D eigenvalue weighted by Crippen LogP contribution is 2.14. The lowest BCUT2D eigenvalue weighted by atomic mass is 10.0. The van der Waals surface area contributed by atoms with Crippen molar-refractivity contribution in [1.29, 1.82) is 0 Å². The van der Waals surface area contributed by atoms with Crippen molar-refractivity contribution >= 4 is 24.8 Å². The van der Waals surface area contributed by atoms with Crippen LogP contribution in [0.15, 0.2) is 0 Å². The Morgan fingerprint density at radius 2 is 1.56 bits per heavy atom. The first-order valence-electron chi connectivity index (χ1n) is 6.21. The van der Waals surface area contributed by atoms with E-state index in [9.17, 15) is 8.78 Å². The van der Waals surface area contributed by atoms with Crippen LogP contribution >= 0.6 is 24.8 Å². The van der Waals surface area contributed by atoms with Crippen LogP contribution in [-0.2, 0) is 0 Å². The number of hydrogen-bond acceptors (Lipinski definition) is 3. The molecule has 1 N–H and O–H groups in total. The molecule has 0 aromatic rings. The first-order chi connectivity index (χ1) is 7.75. The minimum absolute atomic E-state index is 0. The molecule has 0 radical (unpaired) electrons. The second kappa shape index (κ2) is 9.26. The van der Waals surface area contributed by atoms with E-state index in [-0.39, 0.29) is 31.4 Å². The van der Waals surface area contributed by atoms with Crippen LogP contribution in [0.1, 0.15) is 12.8 Å². The summed E-state index contributed by atoms with van der Waals surface area (Å²) >= 11 is 0. The van der Waals surface area contributed by atoms with E-state index >= 15 is 0 Å². The number of piperidine rings is 1. The summed E-state index contributed by atoms with van der Waals surface area (Å²) in [4.78, 5) is 4.35. The Hall–Kier alpha value is 0.320. The molecule has 0 aromatic carbocycles. The van der Waals surface area contributed by atoms with Gasteiger partial charge in [0.05, 0.1) is 6.54 Å². The largest absolute Gasteiger partial charge is 0.317 e. The van der Waals surface area contributed by atoms with E-state index in [0.717, 1.165) is 39.3 Å². The van der Waals surface area contributed by atoms with E-state index in [4.69, 9.17) is 0 Å². The Morgan fingerprint density at radius 1 is 1.00 bits per heavy atom. The van der Waals surface area contributed by atoms with Crippen molar-refractivity contribution < 1.29 is 8.78 Å². The summed E-state index contributed by atoms with van der Waals surface area (Å²) < 4.78 is 24.4. The van der Waals surface area contributed by atoms with Gasteiger partial charge in [0.15, 0.2) is 0 Å². The zero-order valence-corrected chi connectivity index (χ0v) is 12.1. The Kier molecular flexibility index (Phi) is 9.42. The quantitative estimate of drug-likeness (QED) is 0.852. The van der Waals surface area contributed by atoms with Crippen LogP contribution in [0.2, 0.25) is 0 Å². The standard InChI is InChI=1S/C11H21F2N3.2ClH/c12-11(13)9-15-5-7-16(8-6-15)10-1-3-14-4-2-10;;/h10-11,14H,1-9H2;2*1H. The van der Waals surface area contributed by atoms with Crippen molar-refractivity contribution in [2.75, 3.05) is 45.8 Å². The van der Waals surface area contributed by atoms with E-state index in [0.29, 0.717) is 6.04 Å². The predicted octanol–water partition coefficient (Wildman–Crippen LogP) is 1.46. The highest BCUT2D eigenvalue weighted by atomic mass is 35.5. The van der Waals surface area contributed by atoms with E-state index in [1.54, 1.807) is 0 Å². The molecular formula is C11H23Cl2F2N3. The first-order valence-corrected chi connectivity index (χ1v) is 6.21. The number of alkyl halides is 2. The lowest BCUT2D eigenvalue weighted by Gasteiger charge is -2.40. The van der Waals surface area contributed by atoms with Gasteiger partial charge in [-0.05, 0) is 25.9 Å². The number of nitrogens with zero attached hydrogens (tertiary/aromatic N) is 2. The van der Waals surface area contributed by atoms with Gasteiger partial charge in [-0.2, -0.15) is 0 Å². The van der Waals surface area contributed by atoms with Crippen molar-refractivity contribution in [3.8, 4) is 0 Å². The van der Waals surface area contributed by atoms with Crippen molar-refractivity contribution in [1.82, 2.24) is 15.1 Å². The molecule has 0 amide bonds. The third-order valence-electron chi connectivity index (χ3n) is 3.63. The monoisotopic (exact) mass is 305 g/mol. The van der Waals surface area contributed by atoms with Gasteiger partial charge >= 0.3 is 0 Å². The highest BCUT2D eigenvalue weighted by molar-refractivity contribution is 5.85. The minimum atomic E-state index is -2.19. The summed E-state index contributed by atoms with van der Waals surface area (Å²) in [6, 6.07) is 0.676. The lowest BCUT2D eigenvalue weighted by Crippen LogP contribution is -2.53. The second-order valence-corrected chi connectivity index (χ2v) is 4.71. The molecule has 0 bridgehead atoms. The Morgan fingerprint density at radius 3 is 2.06 bits per heavy atom. The highest BCUT2D eigenvalue weighted by Gasteiger charge is 2.25. The van der Waals surface area contributed by atoms with Crippen molar-refractivity contribution in [2.24, 2.45) is 0 Å². The molecule has 18 heavy (non-hydrogen) atoms. The van der Waals surface area contributed by atoms with E-state index < -0.39 is 6.43 Å². The van der Waals surface area contributed by atoms with E-state index in [1.807, 2.05) is 4.90 Å². The van der Waals surface area contributed by atoms with Crippen molar-refractivity contribution in [3.05, 3.63) is 0 Å². The molecule has 2 heterocycles. The normalized spacial score (nSPS) is 23.5. The van der Waals surface area contributed by atoms with Gasteiger partial charge in [-0.15, -0.1) is 24.8 Å². The van der Waals surface area contributed by atoms with Gasteiger partial charge in [-0.3, -0.25) is 9.80 Å². The molecule has 0 aromatic heterocycles. The maximum Gasteiger partial charge on any atom is 0.251 e. The fourth-order valence-electron chi connectivity index (χ4n) is 2.68.